The van der Waals surface area contributed by atoms with Crippen molar-refractivity contribution in [2.24, 2.45) is 0 Å². The van der Waals surface area contributed by atoms with Gasteiger partial charge in [-0.25, -0.2) is 0 Å². The Kier molecular flexibility index (Phi) is 2.38. The molecule has 2 heterocycles. The minimum Gasteiger partial charge on any atom is -0.324 e. The van der Waals surface area contributed by atoms with Crippen LogP contribution in [0.2, 0.25) is 0 Å². The minimum absolute atomic E-state index is 0.0849. The van der Waals surface area contributed by atoms with Gasteiger partial charge in [0.25, 0.3) is 0 Å². The topological polar surface area (TPSA) is 44.4 Å². The molecule has 1 aromatic rings. The zero-order valence-corrected chi connectivity index (χ0v) is 9.07. The van der Waals surface area contributed by atoms with Gasteiger partial charge in [-0.15, -0.1) is 0 Å². The van der Waals surface area contributed by atoms with E-state index >= 15 is 0 Å². The number of carbonyl (C=O) groups is 1. The predicted octanol–water partition coefficient (Wildman–Crippen LogP) is 0.585. The third-order valence-corrected chi connectivity index (χ3v) is 3.28. The fraction of sp³-hybridized carbons (Fsp3) is 0.417. The first-order valence-electron chi connectivity index (χ1n) is 5.71. The average molecular weight is 217 g/mol. The Morgan fingerprint density at radius 3 is 2.75 bits per heavy atom. The van der Waals surface area contributed by atoms with Gasteiger partial charge in [-0.05, 0) is 6.07 Å². The number of para-hydroxylation sites is 1. The number of rotatable bonds is 1. The monoisotopic (exact) mass is 217 g/mol. The summed E-state index contributed by atoms with van der Waals surface area (Å²) in [6.45, 7) is 3.80. The number of fused-ring (bicyclic) bond motifs is 1. The molecule has 0 bridgehead atoms. The van der Waals surface area contributed by atoms with Crippen LogP contribution in [0.5, 0.6) is 0 Å². The third-order valence-electron chi connectivity index (χ3n) is 3.28. The molecule has 16 heavy (non-hydrogen) atoms. The maximum atomic E-state index is 12.0. The summed E-state index contributed by atoms with van der Waals surface area (Å²) in [7, 11) is 0. The number of nitrogens with zero attached hydrogens (tertiary/aromatic N) is 1. The molecule has 2 N–H and O–H groups in total. The Morgan fingerprint density at radius 2 is 1.94 bits per heavy atom. The molecule has 3 rings (SSSR count). The third kappa shape index (κ3) is 1.50. The standard InChI is InChI=1S/C12H15N3O/c16-12-11(15-7-5-13-6-8-15)9-3-1-2-4-10(9)14-12/h1-4,11,13H,5-8H2,(H,14,16). The molecule has 0 spiro atoms. The van der Waals surface area contributed by atoms with E-state index in [1.165, 1.54) is 0 Å². The van der Waals surface area contributed by atoms with E-state index in [9.17, 15) is 4.79 Å². The van der Waals surface area contributed by atoms with E-state index in [1.807, 2.05) is 24.3 Å². The first-order valence-corrected chi connectivity index (χ1v) is 5.71. The Hall–Kier alpha value is -1.39. The van der Waals surface area contributed by atoms with Crippen LogP contribution in [0.3, 0.4) is 0 Å². The van der Waals surface area contributed by atoms with Crippen molar-refractivity contribution in [3.05, 3.63) is 29.8 Å². The number of hydrogen-bond acceptors (Lipinski definition) is 3. The van der Waals surface area contributed by atoms with Crippen molar-refractivity contribution in [3.8, 4) is 0 Å². The number of carbonyl (C=O) groups excluding carboxylic acids is 1. The molecule has 2 aliphatic heterocycles. The van der Waals surface area contributed by atoms with Gasteiger partial charge < -0.3 is 10.6 Å². The maximum Gasteiger partial charge on any atom is 0.246 e. The summed E-state index contributed by atoms with van der Waals surface area (Å²) in [5.74, 6) is 0.114. The van der Waals surface area contributed by atoms with Crippen molar-refractivity contribution >= 4 is 11.6 Å². The second kappa shape index (κ2) is 3.88. The highest BCUT2D eigenvalue weighted by molar-refractivity contribution is 6.02. The Labute approximate surface area is 94.6 Å². The van der Waals surface area contributed by atoms with Gasteiger partial charge in [0.2, 0.25) is 5.91 Å². The van der Waals surface area contributed by atoms with Crippen molar-refractivity contribution < 1.29 is 4.79 Å². The first-order chi connectivity index (χ1) is 7.86. The number of anilines is 1. The molecule has 0 radical (unpaired) electrons. The fourth-order valence-electron chi connectivity index (χ4n) is 2.49. The van der Waals surface area contributed by atoms with Gasteiger partial charge in [-0.1, -0.05) is 18.2 Å². The summed E-state index contributed by atoms with van der Waals surface area (Å²) in [5.41, 5.74) is 2.09. The molecule has 4 nitrogen and oxygen atoms in total. The molecule has 2 aliphatic rings. The number of nitrogens with one attached hydrogen (secondary N) is 2. The Bertz CT molecular complexity index is 412. The summed E-state index contributed by atoms with van der Waals surface area (Å²) in [4.78, 5) is 14.2. The highest BCUT2D eigenvalue weighted by atomic mass is 16.2. The summed E-state index contributed by atoms with van der Waals surface area (Å²) in [6.07, 6.45) is 0. The highest BCUT2D eigenvalue weighted by Crippen LogP contribution is 2.34. The van der Waals surface area contributed by atoms with Crippen LogP contribution in [0.15, 0.2) is 24.3 Å². The molecule has 84 valence electrons. The summed E-state index contributed by atoms with van der Waals surface area (Å²) in [6, 6.07) is 7.88. The summed E-state index contributed by atoms with van der Waals surface area (Å²) < 4.78 is 0. The van der Waals surface area contributed by atoms with Crippen LogP contribution in [0.1, 0.15) is 11.6 Å². The van der Waals surface area contributed by atoms with Gasteiger partial charge in [-0.2, -0.15) is 0 Å². The number of piperazine rings is 1. The van der Waals surface area contributed by atoms with Crippen molar-refractivity contribution in [2.45, 2.75) is 6.04 Å². The van der Waals surface area contributed by atoms with E-state index in [-0.39, 0.29) is 11.9 Å². The van der Waals surface area contributed by atoms with E-state index in [0.717, 1.165) is 37.4 Å². The van der Waals surface area contributed by atoms with Crippen molar-refractivity contribution in [2.75, 3.05) is 31.5 Å². The number of amides is 1. The largest absolute Gasteiger partial charge is 0.324 e. The first kappa shape index (κ1) is 9.81. The Morgan fingerprint density at radius 1 is 1.19 bits per heavy atom. The van der Waals surface area contributed by atoms with Crippen LogP contribution >= 0.6 is 0 Å². The molecule has 1 unspecified atom stereocenters. The second-order valence-corrected chi connectivity index (χ2v) is 4.27. The number of hydrogen-bond donors (Lipinski definition) is 2. The number of benzene rings is 1. The molecule has 0 aliphatic carbocycles. The van der Waals surface area contributed by atoms with Crippen LogP contribution in [0, 0.1) is 0 Å². The molecule has 1 amide bonds. The lowest BCUT2D eigenvalue weighted by Crippen LogP contribution is -2.46. The second-order valence-electron chi connectivity index (χ2n) is 4.27. The van der Waals surface area contributed by atoms with E-state index < -0.39 is 0 Å². The molecule has 1 aromatic carbocycles. The molecule has 4 heteroatoms. The van der Waals surface area contributed by atoms with Crippen LogP contribution in [-0.4, -0.2) is 37.0 Å². The van der Waals surface area contributed by atoms with E-state index in [1.54, 1.807) is 0 Å². The van der Waals surface area contributed by atoms with Crippen LogP contribution in [-0.2, 0) is 4.79 Å². The van der Waals surface area contributed by atoms with Crippen molar-refractivity contribution in [1.82, 2.24) is 10.2 Å². The fourth-order valence-corrected chi connectivity index (χ4v) is 2.49. The van der Waals surface area contributed by atoms with E-state index in [0.29, 0.717) is 0 Å². The van der Waals surface area contributed by atoms with Crippen LogP contribution < -0.4 is 10.6 Å². The molecular weight excluding hydrogens is 202 g/mol. The van der Waals surface area contributed by atoms with Crippen molar-refractivity contribution in [1.29, 1.82) is 0 Å². The lowest BCUT2D eigenvalue weighted by atomic mass is 10.1. The molecule has 0 aromatic heterocycles. The van der Waals surface area contributed by atoms with Crippen molar-refractivity contribution in [3.63, 3.8) is 0 Å². The lowest BCUT2D eigenvalue weighted by Gasteiger charge is -2.31. The van der Waals surface area contributed by atoms with Gasteiger partial charge in [0.05, 0.1) is 0 Å². The maximum absolute atomic E-state index is 12.0. The van der Waals surface area contributed by atoms with Gasteiger partial charge >= 0.3 is 0 Å². The lowest BCUT2D eigenvalue weighted by molar-refractivity contribution is -0.121. The Balaban J connectivity index is 1.92. The molecule has 1 fully saturated rings. The molecular formula is C12H15N3O. The van der Waals surface area contributed by atoms with Crippen LogP contribution in [0.25, 0.3) is 0 Å². The average Bonchev–Trinajstić information content (AvgIpc) is 2.66. The normalized spacial score (nSPS) is 25.2. The van der Waals surface area contributed by atoms with Gasteiger partial charge in [0.1, 0.15) is 6.04 Å². The predicted molar refractivity (Wildman–Crippen MR) is 62.3 cm³/mol. The molecule has 0 saturated carbocycles. The van der Waals surface area contributed by atoms with E-state index in [2.05, 4.69) is 15.5 Å². The van der Waals surface area contributed by atoms with Gasteiger partial charge in [0, 0.05) is 37.4 Å². The minimum atomic E-state index is -0.0849. The SMILES string of the molecule is O=C1Nc2ccccc2C1N1CCNCC1. The summed E-state index contributed by atoms with van der Waals surface area (Å²) >= 11 is 0. The van der Waals surface area contributed by atoms with Crippen LogP contribution in [0.4, 0.5) is 5.69 Å². The highest BCUT2D eigenvalue weighted by Gasteiger charge is 2.35. The zero-order valence-electron chi connectivity index (χ0n) is 9.07. The van der Waals surface area contributed by atoms with Gasteiger partial charge in [0.15, 0.2) is 0 Å². The smallest absolute Gasteiger partial charge is 0.246 e. The quantitative estimate of drug-likeness (QED) is 0.723. The zero-order chi connectivity index (χ0) is 11.0. The van der Waals surface area contributed by atoms with Gasteiger partial charge in [-0.3, -0.25) is 9.69 Å². The molecule has 1 atom stereocenters. The van der Waals surface area contributed by atoms with E-state index in [4.69, 9.17) is 0 Å². The summed E-state index contributed by atoms with van der Waals surface area (Å²) in [5, 5.41) is 6.25. The molecule has 1 saturated heterocycles.